The van der Waals surface area contributed by atoms with E-state index in [9.17, 15) is 0 Å². The smallest absolute Gasteiger partial charge is 0.0762 e. The van der Waals surface area contributed by atoms with E-state index in [2.05, 4.69) is 33.3 Å². The molecule has 3 heteroatoms. The zero-order valence-electron chi connectivity index (χ0n) is 11.1. The summed E-state index contributed by atoms with van der Waals surface area (Å²) in [6.45, 7) is 1.82. The molecule has 1 aromatic rings. The zero-order chi connectivity index (χ0) is 12.6. The molecule has 0 unspecified atom stereocenters. The summed E-state index contributed by atoms with van der Waals surface area (Å²) in [5, 5.41) is 8.05. The highest BCUT2D eigenvalue weighted by atomic mass is 15.3. The lowest BCUT2D eigenvalue weighted by atomic mass is 9.96. The Kier molecular flexibility index (Phi) is 5.29. The van der Waals surface area contributed by atoms with E-state index in [4.69, 9.17) is 6.42 Å². The number of unbranched alkanes of at least 4 members (excludes halogenated alkanes) is 1. The lowest BCUT2D eigenvalue weighted by Gasteiger charge is -2.21. The number of nitrogens with zero attached hydrogens (tertiary/aromatic N) is 2. The summed E-state index contributed by atoms with van der Waals surface area (Å²) in [7, 11) is 0. The van der Waals surface area contributed by atoms with Crippen LogP contribution in [0, 0.1) is 12.3 Å². The van der Waals surface area contributed by atoms with Crippen LogP contribution in [0.25, 0.3) is 0 Å². The molecule has 1 saturated carbocycles. The number of hydrogen-bond donors (Lipinski definition) is 1. The molecule has 0 spiro atoms. The van der Waals surface area contributed by atoms with Crippen LogP contribution in [-0.4, -0.2) is 16.3 Å². The minimum absolute atomic E-state index is 0.633. The standard InChI is InChI=1S/C15H23N3/c1-2-3-7-11-16-13-14-10-12-18(17-14)15-8-5-4-6-9-15/h1,10,12,15-16H,3-9,11,13H2. The van der Waals surface area contributed by atoms with Gasteiger partial charge >= 0.3 is 0 Å². The van der Waals surface area contributed by atoms with Gasteiger partial charge < -0.3 is 5.32 Å². The van der Waals surface area contributed by atoms with Crippen molar-refractivity contribution in [2.75, 3.05) is 6.54 Å². The van der Waals surface area contributed by atoms with Gasteiger partial charge in [-0.1, -0.05) is 19.3 Å². The maximum absolute atomic E-state index is 5.21. The first-order valence-electron chi connectivity index (χ1n) is 7.08. The Morgan fingerprint density at radius 3 is 3.00 bits per heavy atom. The molecule has 0 atom stereocenters. The quantitative estimate of drug-likeness (QED) is 0.617. The molecule has 1 N–H and O–H groups in total. The molecule has 18 heavy (non-hydrogen) atoms. The average Bonchev–Trinajstić information content (AvgIpc) is 2.88. The minimum Gasteiger partial charge on any atom is -0.311 e. The Morgan fingerprint density at radius 2 is 2.22 bits per heavy atom. The van der Waals surface area contributed by atoms with Crippen LogP contribution in [0.1, 0.15) is 56.7 Å². The van der Waals surface area contributed by atoms with E-state index in [0.29, 0.717) is 6.04 Å². The van der Waals surface area contributed by atoms with Gasteiger partial charge in [0.15, 0.2) is 0 Å². The fraction of sp³-hybridized carbons (Fsp3) is 0.667. The molecular weight excluding hydrogens is 222 g/mol. The maximum atomic E-state index is 5.21. The molecule has 1 aliphatic carbocycles. The Morgan fingerprint density at radius 1 is 1.39 bits per heavy atom. The molecule has 3 nitrogen and oxygen atoms in total. The van der Waals surface area contributed by atoms with Crippen molar-refractivity contribution in [3.05, 3.63) is 18.0 Å². The fourth-order valence-corrected chi connectivity index (χ4v) is 2.55. The summed E-state index contributed by atoms with van der Waals surface area (Å²) in [5.74, 6) is 2.65. The van der Waals surface area contributed by atoms with Gasteiger partial charge in [-0.25, -0.2) is 0 Å². The van der Waals surface area contributed by atoms with E-state index >= 15 is 0 Å². The monoisotopic (exact) mass is 245 g/mol. The number of aromatic nitrogens is 2. The van der Waals surface area contributed by atoms with Crippen LogP contribution in [0.15, 0.2) is 12.3 Å². The summed E-state index contributed by atoms with van der Waals surface area (Å²) in [6.07, 6.45) is 15.9. The molecular formula is C15H23N3. The summed E-state index contributed by atoms with van der Waals surface area (Å²) >= 11 is 0. The molecule has 1 aromatic heterocycles. The van der Waals surface area contributed by atoms with Crippen LogP contribution in [0.5, 0.6) is 0 Å². The van der Waals surface area contributed by atoms with Crippen molar-refractivity contribution in [2.24, 2.45) is 0 Å². The molecule has 1 heterocycles. The SMILES string of the molecule is C#CCCCNCc1ccn(C2CCCCC2)n1. The fourth-order valence-electron chi connectivity index (χ4n) is 2.55. The summed E-state index contributed by atoms with van der Waals surface area (Å²) < 4.78 is 2.16. The van der Waals surface area contributed by atoms with Crippen molar-refractivity contribution in [2.45, 2.75) is 57.5 Å². The van der Waals surface area contributed by atoms with Gasteiger partial charge in [-0.3, -0.25) is 4.68 Å². The largest absolute Gasteiger partial charge is 0.311 e. The Hall–Kier alpha value is -1.27. The Bertz CT molecular complexity index is 383. The number of terminal acetylenes is 1. The van der Waals surface area contributed by atoms with Gasteiger partial charge in [0.25, 0.3) is 0 Å². The molecule has 1 aliphatic rings. The maximum Gasteiger partial charge on any atom is 0.0762 e. The van der Waals surface area contributed by atoms with Crippen molar-refractivity contribution in [1.82, 2.24) is 15.1 Å². The first kappa shape index (κ1) is 13.2. The lowest BCUT2D eigenvalue weighted by Crippen LogP contribution is -2.17. The minimum atomic E-state index is 0.633. The number of nitrogens with one attached hydrogen (secondary N) is 1. The van der Waals surface area contributed by atoms with E-state index in [1.54, 1.807) is 0 Å². The van der Waals surface area contributed by atoms with E-state index in [-0.39, 0.29) is 0 Å². The third kappa shape index (κ3) is 3.89. The second kappa shape index (κ2) is 7.23. The highest BCUT2D eigenvalue weighted by Gasteiger charge is 2.15. The second-order valence-electron chi connectivity index (χ2n) is 5.06. The molecule has 1 fully saturated rings. The Labute approximate surface area is 110 Å². The van der Waals surface area contributed by atoms with Gasteiger partial charge in [0.05, 0.1) is 11.7 Å². The van der Waals surface area contributed by atoms with Crippen LogP contribution >= 0.6 is 0 Å². The normalized spacial score (nSPS) is 16.6. The van der Waals surface area contributed by atoms with Gasteiger partial charge in [0, 0.05) is 19.2 Å². The van der Waals surface area contributed by atoms with Crippen molar-refractivity contribution >= 4 is 0 Å². The van der Waals surface area contributed by atoms with Crippen molar-refractivity contribution in [3.8, 4) is 12.3 Å². The van der Waals surface area contributed by atoms with E-state index in [1.807, 2.05) is 0 Å². The van der Waals surface area contributed by atoms with Gasteiger partial charge in [0.1, 0.15) is 0 Å². The topological polar surface area (TPSA) is 29.9 Å². The number of hydrogen-bond acceptors (Lipinski definition) is 2. The van der Waals surface area contributed by atoms with Gasteiger partial charge in [-0.15, -0.1) is 12.3 Å². The van der Waals surface area contributed by atoms with Crippen molar-refractivity contribution < 1.29 is 0 Å². The Balaban J connectivity index is 1.74. The van der Waals surface area contributed by atoms with E-state index in [0.717, 1.165) is 31.6 Å². The predicted molar refractivity (Wildman–Crippen MR) is 74.1 cm³/mol. The summed E-state index contributed by atoms with van der Waals surface area (Å²) in [6, 6.07) is 2.76. The van der Waals surface area contributed by atoms with Gasteiger partial charge in [-0.2, -0.15) is 5.10 Å². The van der Waals surface area contributed by atoms with Crippen LogP contribution < -0.4 is 5.32 Å². The van der Waals surface area contributed by atoms with Gasteiger partial charge in [0.2, 0.25) is 0 Å². The third-order valence-corrected chi connectivity index (χ3v) is 3.59. The molecule has 2 rings (SSSR count). The van der Waals surface area contributed by atoms with E-state index in [1.165, 1.54) is 32.1 Å². The average molecular weight is 245 g/mol. The van der Waals surface area contributed by atoms with Crippen LogP contribution in [0.3, 0.4) is 0 Å². The molecule has 0 saturated heterocycles. The number of rotatable bonds is 6. The molecule has 0 aliphatic heterocycles. The molecule has 0 bridgehead atoms. The first-order valence-corrected chi connectivity index (χ1v) is 7.08. The molecule has 0 radical (unpaired) electrons. The summed E-state index contributed by atoms with van der Waals surface area (Å²) in [5.41, 5.74) is 1.14. The van der Waals surface area contributed by atoms with Crippen molar-refractivity contribution in [3.63, 3.8) is 0 Å². The van der Waals surface area contributed by atoms with E-state index < -0.39 is 0 Å². The highest BCUT2D eigenvalue weighted by Crippen LogP contribution is 2.27. The third-order valence-electron chi connectivity index (χ3n) is 3.59. The molecule has 0 aromatic carbocycles. The van der Waals surface area contributed by atoms with Crippen LogP contribution in [-0.2, 0) is 6.54 Å². The molecule has 98 valence electrons. The summed E-state index contributed by atoms with van der Waals surface area (Å²) in [4.78, 5) is 0. The molecule has 0 amide bonds. The zero-order valence-corrected chi connectivity index (χ0v) is 11.1. The second-order valence-corrected chi connectivity index (χ2v) is 5.06. The van der Waals surface area contributed by atoms with Gasteiger partial charge in [-0.05, 0) is 31.9 Å². The lowest BCUT2D eigenvalue weighted by molar-refractivity contribution is 0.327. The van der Waals surface area contributed by atoms with Crippen LogP contribution in [0.2, 0.25) is 0 Å². The van der Waals surface area contributed by atoms with Crippen molar-refractivity contribution in [1.29, 1.82) is 0 Å². The van der Waals surface area contributed by atoms with Crippen LogP contribution in [0.4, 0.5) is 0 Å². The first-order chi connectivity index (χ1) is 8.90. The highest BCUT2D eigenvalue weighted by molar-refractivity contribution is 4.99. The predicted octanol–water partition coefficient (Wildman–Crippen LogP) is 2.89.